The van der Waals surface area contributed by atoms with Gasteiger partial charge in [0.2, 0.25) is 5.91 Å². The van der Waals surface area contributed by atoms with Crippen LogP contribution in [0, 0.1) is 5.92 Å². The minimum absolute atomic E-state index is 0.0440. The Morgan fingerprint density at radius 1 is 1.26 bits per heavy atom. The maximum absolute atomic E-state index is 11.9. The van der Waals surface area contributed by atoms with Crippen LogP contribution in [0.5, 0.6) is 0 Å². The van der Waals surface area contributed by atoms with Crippen molar-refractivity contribution in [2.24, 2.45) is 10.9 Å². The lowest BCUT2D eigenvalue weighted by atomic mass is 10.1. The van der Waals surface area contributed by atoms with E-state index in [9.17, 15) is 4.79 Å². The Balaban J connectivity index is 1.84. The summed E-state index contributed by atoms with van der Waals surface area (Å²) in [5.74, 6) is 1.11. The average Bonchev–Trinajstić information content (AvgIpc) is 3.09. The van der Waals surface area contributed by atoms with E-state index in [1.165, 1.54) is 4.88 Å². The Morgan fingerprint density at radius 3 is 2.70 bits per heavy atom. The van der Waals surface area contributed by atoms with E-state index in [4.69, 9.17) is 0 Å². The predicted molar refractivity (Wildman–Crippen MR) is 113 cm³/mol. The van der Waals surface area contributed by atoms with Gasteiger partial charge in [0.05, 0.1) is 6.54 Å². The molecule has 1 heterocycles. The van der Waals surface area contributed by atoms with Crippen molar-refractivity contribution >= 4 is 28.9 Å². The molecule has 0 spiro atoms. The Bertz CT molecular complexity index is 769. The molecule has 0 bridgehead atoms. The quantitative estimate of drug-likeness (QED) is 0.478. The zero-order valence-electron chi connectivity index (χ0n) is 16.5. The van der Waals surface area contributed by atoms with Gasteiger partial charge in [-0.2, -0.15) is 0 Å². The number of aliphatic imine (C=N–C) groups is 1. The summed E-state index contributed by atoms with van der Waals surface area (Å²) < 4.78 is 0. The van der Waals surface area contributed by atoms with Crippen LogP contribution in [0.2, 0.25) is 0 Å². The summed E-state index contributed by atoms with van der Waals surface area (Å²) in [7, 11) is 1.75. The molecule has 0 saturated carbocycles. The van der Waals surface area contributed by atoms with Crippen LogP contribution in [0.25, 0.3) is 0 Å². The minimum atomic E-state index is 0.0440. The first-order valence-electron chi connectivity index (χ1n) is 9.27. The fraction of sp³-hybridized carbons (Fsp3) is 0.450. The van der Waals surface area contributed by atoms with Crippen LogP contribution < -0.4 is 16.0 Å². The molecule has 0 aliphatic heterocycles. The molecule has 0 saturated heterocycles. The molecule has 1 aromatic carbocycles. The molecular formula is C20H29N5OS. The van der Waals surface area contributed by atoms with Gasteiger partial charge in [0, 0.05) is 36.8 Å². The number of carbonyl (C=O) groups is 1. The van der Waals surface area contributed by atoms with Crippen LogP contribution in [0.3, 0.4) is 0 Å². The topological polar surface area (TPSA) is 78.4 Å². The van der Waals surface area contributed by atoms with E-state index in [0.29, 0.717) is 25.4 Å². The molecule has 7 heteroatoms. The minimum Gasteiger partial charge on any atom is -0.352 e. The smallest absolute Gasteiger partial charge is 0.224 e. The molecule has 6 nitrogen and oxygen atoms in total. The highest BCUT2D eigenvalue weighted by Crippen LogP contribution is 2.13. The standard InChI is InChI=1S/C20H29N5OS/c1-5-17-12-22-19(27-17)13-24-20(21-4)23-11-15-7-6-8-16(10-15)25-18(26)9-14(2)3/h6-8,10,12,14H,5,9,11,13H2,1-4H3,(H,25,26)(H2,21,23,24). The maximum Gasteiger partial charge on any atom is 0.224 e. The van der Waals surface area contributed by atoms with Gasteiger partial charge in [-0.15, -0.1) is 11.3 Å². The summed E-state index contributed by atoms with van der Waals surface area (Å²) in [6, 6.07) is 7.85. The second kappa shape index (κ2) is 10.7. The molecule has 1 amide bonds. The van der Waals surface area contributed by atoms with E-state index in [0.717, 1.165) is 28.6 Å². The normalized spacial score (nSPS) is 11.5. The SMILES string of the molecule is CCc1cnc(CNC(=NC)NCc2cccc(NC(=O)CC(C)C)c2)s1. The van der Waals surface area contributed by atoms with Crippen molar-refractivity contribution in [3.8, 4) is 0 Å². The number of benzene rings is 1. The molecule has 146 valence electrons. The van der Waals surface area contributed by atoms with Crippen LogP contribution in [0.15, 0.2) is 35.5 Å². The lowest BCUT2D eigenvalue weighted by Gasteiger charge is -2.12. The number of rotatable bonds is 8. The number of thiazole rings is 1. The molecule has 0 fully saturated rings. The molecule has 2 rings (SSSR count). The molecule has 0 aliphatic rings. The first-order valence-corrected chi connectivity index (χ1v) is 10.1. The molecule has 1 aromatic heterocycles. The van der Waals surface area contributed by atoms with Crippen LogP contribution in [0.4, 0.5) is 5.69 Å². The molecule has 27 heavy (non-hydrogen) atoms. The number of hydrogen-bond donors (Lipinski definition) is 3. The predicted octanol–water partition coefficient (Wildman–Crippen LogP) is 3.56. The van der Waals surface area contributed by atoms with E-state index < -0.39 is 0 Å². The van der Waals surface area contributed by atoms with Crippen molar-refractivity contribution in [2.75, 3.05) is 12.4 Å². The third kappa shape index (κ3) is 7.38. The van der Waals surface area contributed by atoms with Gasteiger partial charge in [-0.1, -0.05) is 32.9 Å². The van der Waals surface area contributed by atoms with Crippen LogP contribution >= 0.6 is 11.3 Å². The number of hydrogen-bond acceptors (Lipinski definition) is 4. The number of carbonyl (C=O) groups excluding carboxylic acids is 1. The number of guanidine groups is 1. The van der Waals surface area contributed by atoms with Gasteiger partial charge < -0.3 is 16.0 Å². The Hall–Kier alpha value is -2.41. The van der Waals surface area contributed by atoms with Crippen LogP contribution in [-0.2, 0) is 24.3 Å². The highest BCUT2D eigenvalue weighted by molar-refractivity contribution is 7.11. The number of aryl methyl sites for hydroxylation is 1. The maximum atomic E-state index is 11.9. The van der Waals surface area contributed by atoms with Crippen molar-refractivity contribution in [2.45, 2.75) is 46.7 Å². The summed E-state index contributed by atoms with van der Waals surface area (Å²) >= 11 is 1.71. The summed E-state index contributed by atoms with van der Waals surface area (Å²) in [6.45, 7) is 7.46. The number of anilines is 1. The van der Waals surface area contributed by atoms with Gasteiger partial charge in [-0.05, 0) is 30.0 Å². The second-order valence-electron chi connectivity index (χ2n) is 6.70. The molecule has 0 aliphatic carbocycles. The molecular weight excluding hydrogens is 358 g/mol. The Kier molecular flexibility index (Phi) is 8.26. The Labute approximate surface area is 165 Å². The average molecular weight is 388 g/mol. The van der Waals surface area contributed by atoms with Crippen molar-refractivity contribution in [3.05, 3.63) is 45.9 Å². The molecule has 0 atom stereocenters. The molecule has 2 aromatic rings. The van der Waals surface area contributed by atoms with Crippen molar-refractivity contribution < 1.29 is 4.79 Å². The van der Waals surface area contributed by atoms with Gasteiger partial charge in [-0.25, -0.2) is 4.98 Å². The molecule has 0 unspecified atom stereocenters. The number of amides is 1. The van der Waals surface area contributed by atoms with Crippen molar-refractivity contribution in [1.82, 2.24) is 15.6 Å². The van der Waals surface area contributed by atoms with E-state index in [-0.39, 0.29) is 5.91 Å². The molecule has 3 N–H and O–H groups in total. The van der Waals surface area contributed by atoms with Crippen LogP contribution in [-0.4, -0.2) is 23.9 Å². The lowest BCUT2D eigenvalue weighted by molar-refractivity contribution is -0.116. The summed E-state index contributed by atoms with van der Waals surface area (Å²) in [5, 5.41) is 10.6. The van der Waals surface area contributed by atoms with Gasteiger partial charge in [-0.3, -0.25) is 9.79 Å². The number of nitrogens with one attached hydrogen (secondary N) is 3. The summed E-state index contributed by atoms with van der Waals surface area (Å²) in [4.78, 5) is 21.9. The highest BCUT2D eigenvalue weighted by Gasteiger charge is 2.06. The van der Waals surface area contributed by atoms with E-state index in [1.54, 1.807) is 18.4 Å². The number of aromatic nitrogens is 1. The third-order valence-electron chi connectivity index (χ3n) is 3.84. The largest absolute Gasteiger partial charge is 0.352 e. The monoisotopic (exact) mass is 387 g/mol. The zero-order chi connectivity index (χ0) is 19.6. The van der Waals surface area contributed by atoms with Gasteiger partial charge in [0.25, 0.3) is 0 Å². The van der Waals surface area contributed by atoms with Crippen molar-refractivity contribution in [1.29, 1.82) is 0 Å². The fourth-order valence-electron chi connectivity index (χ4n) is 2.50. The van der Waals surface area contributed by atoms with E-state index in [1.807, 2.05) is 44.3 Å². The van der Waals surface area contributed by atoms with E-state index >= 15 is 0 Å². The van der Waals surface area contributed by atoms with Crippen LogP contribution in [0.1, 0.15) is 42.6 Å². The van der Waals surface area contributed by atoms with Gasteiger partial charge in [0.1, 0.15) is 5.01 Å². The first-order chi connectivity index (χ1) is 13.0. The zero-order valence-corrected chi connectivity index (χ0v) is 17.3. The van der Waals surface area contributed by atoms with E-state index in [2.05, 4.69) is 32.9 Å². The summed E-state index contributed by atoms with van der Waals surface area (Å²) in [5.41, 5.74) is 1.89. The van der Waals surface area contributed by atoms with Gasteiger partial charge >= 0.3 is 0 Å². The van der Waals surface area contributed by atoms with Crippen molar-refractivity contribution in [3.63, 3.8) is 0 Å². The first kappa shape index (κ1) is 20.9. The fourth-order valence-corrected chi connectivity index (χ4v) is 3.30. The third-order valence-corrected chi connectivity index (χ3v) is 4.99. The second-order valence-corrected chi connectivity index (χ2v) is 7.90. The lowest BCUT2D eigenvalue weighted by Crippen LogP contribution is -2.36. The summed E-state index contributed by atoms with van der Waals surface area (Å²) in [6.07, 6.45) is 3.46. The number of nitrogens with zero attached hydrogens (tertiary/aromatic N) is 2. The Morgan fingerprint density at radius 2 is 2.04 bits per heavy atom. The highest BCUT2D eigenvalue weighted by atomic mass is 32.1. The molecule has 0 radical (unpaired) electrons. The van der Waals surface area contributed by atoms with Gasteiger partial charge in [0.15, 0.2) is 5.96 Å².